The highest BCUT2D eigenvalue weighted by Gasteiger charge is 2.08. The molecule has 5 nitrogen and oxygen atoms in total. The minimum atomic E-state index is -0.467. The number of hydrogen-bond donors (Lipinski definition) is 1. The van der Waals surface area contributed by atoms with E-state index >= 15 is 0 Å². The molecule has 2 rings (SSSR count). The van der Waals surface area contributed by atoms with Crippen molar-refractivity contribution in [2.45, 2.75) is 6.92 Å². The van der Waals surface area contributed by atoms with Crippen molar-refractivity contribution in [3.05, 3.63) is 80.5 Å². The number of nitro benzene ring substituents is 1. The zero-order chi connectivity index (χ0) is 16.1. The van der Waals surface area contributed by atoms with E-state index in [-0.39, 0.29) is 11.5 Å². The Labute approximate surface area is 135 Å². The van der Waals surface area contributed by atoms with Gasteiger partial charge in [0.2, 0.25) is 0 Å². The van der Waals surface area contributed by atoms with Gasteiger partial charge in [0.15, 0.2) is 5.78 Å². The smallest absolute Gasteiger partial charge is 0.270 e. The second-order valence-electron chi connectivity index (χ2n) is 4.63. The number of nitrogens with zero attached hydrogens (tertiary/aromatic N) is 1. The molecule has 0 aliphatic heterocycles. The Hall–Kier alpha value is -2.47. The third-order valence-electron chi connectivity index (χ3n) is 2.97. The van der Waals surface area contributed by atoms with Crippen LogP contribution >= 0.6 is 15.9 Å². The molecule has 0 atom stereocenters. The molecule has 0 radical (unpaired) electrons. The first-order valence-corrected chi connectivity index (χ1v) is 7.24. The third kappa shape index (κ3) is 4.02. The Morgan fingerprint density at radius 2 is 1.91 bits per heavy atom. The molecule has 0 saturated heterocycles. The van der Waals surface area contributed by atoms with E-state index in [0.717, 1.165) is 5.56 Å². The topological polar surface area (TPSA) is 72.2 Å². The van der Waals surface area contributed by atoms with Crippen molar-refractivity contribution < 1.29 is 9.72 Å². The summed E-state index contributed by atoms with van der Waals surface area (Å²) in [5.74, 6) is -0.120. The number of rotatable bonds is 5. The number of allylic oxidation sites excluding steroid dienone is 1. The molecular formula is C16H13BrN2O3. The summed E-state index contributed by atoms with van der Waals surface area (Å²) in [6, 6.07) is 11.7. The van der Waals surface area contributed by atoms with Crippen LogP contribution in [0.2, 0.25) is 0 Å². The second kappa shape index (κ2) is 7.00. The first-order chi connectivity index (χ1) is 10.5. The van der Waals surface area contributed by atoms with Crippen LogP contribution < -0.4 is 5.32 Å². The Morgan fingerprint density at radius 3 is 2.50 bits per heavy atom. The molecule has 0 amide bonds. The summed E-state index contributed by atoms with van der Waals surface area (Å²) >= 11 is 3.25. The Balaban J connectivity index is 2.04. The number of anilines is 1. The molecule has 0 fully saturated rings. The van der Waals surface area contributed by atoms with Crippen LogP contribution in [-0.2, 0) is 0 Å². The maximum absolute atomic E-state index is 11.9. The highest BCUT2D eigenvalue weighted by molar-refractivity contribution is 9.10. The Morgan fingerprint density at radius 1 is 1.23 bits per heavy atom. The highest BCUT2D eigenvalue weighted by Crippen LogP contribution is 2.27. The van der Waals surface area contributed by atoms with Crippen molar-refractivity contribution in [1.82, 2.24) is 0 Å². The van der Waals surface area contributed by atoms with E-state index < -0.39 is 4.92 Å². The molecule has 0 saturated carbocycles. The van der Waals surface area contributed by atoms with Crippen LogP contribution in [0.25, 0.3) is 0 Å². The molecule has 0 aliphatic rings. The molecule has 112 valence electrons. The highest BCUT2D eigenvalue weighted by atomic mass is 79.9. The summed E-state index contributed by atoms with van der Waals surface area (Å²) in [7, 11) is 0. The van der Waals surface area contributed by atoms with Gasteiger partial charge in [-0.25, -0.2) is 0 Å². The fraction of sp³-hybridized carbons (Fsp3) is 0.0625. The average Bonchev–Trinajstić information content (AvgIpc) is 2.49. The predicted molar refractivity (Wildman–Crippen MR) is 89.1 cm³/mol. The van der Waals surface area contributed by atoms with Gasteiger partial charge in [0.05, 0.1) is 10.6 Å². The van der Waals surface area contributed by atoms with Gasteiger partial charge in [-0.2, -0.15) is 0 Å². The summed E-state index contributed by atoms with van der Waals surface area (Å²) in [5, 5.41) is 13.6. The lowest BCUT2D eigenvalue weighted by atomic mass is 10.1. The maximum atomic E-state index is 11.9. The molecule has 6 heteroatoms. The van der Waals surface area contributed by atoms with Crippen molar-refractivity contribution in [3.63, 3.8) is 0 Å². The minimum Gasteiger partial charge on any atom is -0.361 e. The van der Waals surface area contributed by atoms with Gasteiger partial charge in [0.1, 0.15) is 0 Å². The van der Waals surface area contributed by atoms with Gasteiger partial charge in [-0.05, 0) is 28.9 Å². The molecule has 1 N–H and O–H groups in total. The lowest BCUT2D eigenvalue weighted by molar-refractivity contribution is -0.384. The van der Waals surface area contributed by atoms with Crippen LogP contribution in [0.3, 0.4) is 0 Å². The van der Waals surface area contributed by atoms with Gasteiger partial charge in [0, 0.05) is 34.4 Å². The second-order valence-corrected chi connectivity index (χ2v) is 5.48. The number of carbonyl (C=O) groups excluding carboxylic acids is 1. The average molecular weight is 361 g/mol. The largest absolute Gasteiger partial charge is 0.361 e. The van der Waals surface area contributed by atoms with Crippen LogP contribution in [-0.4, -0.2) is 10.7 Å². The van der Waals surface area contributed by atoms with Crippen LogP contribution in [0, 0.1) is 17.0 Å². The monoisotopic (exact) mass is 360 g/mol. The number of halogens is 1. The number of carbonyl (C=O) groups is 1. The van der Waals surface area contributed by atoms with Crippen molar-refractivity contribution in [2.24, 2.45) is 0 Å². The van der Waals surface area contributed by atoms with Gasteiger partial charge in [-0.15, -0.1) is 0 Å². The summed E-state index contributed by atoms with van der Waals surface area (Å²) in [6.07, 6.45) is 2.92. The van der Waals surface area contributed by atoms with Crippen molar-refractivity contribution in [2.75, 3.05) is 5.32 Å². The normalized spacial score (nSPS) is 10.6. The van der Waals surface area contributed by atoms with E-state index in [9.17, 15) is 14.9 Å². The van der Waals surface area contributed by atoms with Crippen LogP contribution in [0.15, 0.2) is 59.2 Å². The number of aryl methyl sites for hydroxylation is 1. The summed E-state index contributed by atoms with van der Waals surface area (Å²) in [4.78, 5) is 22.1. The molecule has 2 aromatic carbocycles. The van der Waals surface area contributed by atoms with Crippen LogP contribution in [0.1, 0.15) is 15.9 Å². The molecule has 0 unspecified atom stereocenters. The quantitative estimate of drug-likeness (QED) is 0.369. The van der Waals surface area contributed by atoms with Gasteiger partial charge in [-0.1, -0.05) is 29.8 Å². The first kappa shape index (κ1) is 15.9. The Bertz CT molecular complexity index is 740. The molecule has 0 spiro atoms. The molecule has 0 aromatic heterocycles. The summed E-state index contributed by atoms with van der Waals surface area (Å²) in [6.45, 7) is 1.96. The number of ketones is 1. The van der Waals surface area contributed by atoms with E-state index in [1.165, 1.54) is 24.4 Å². The van der Waals surface area contributed by atoms with Gasteiger partial charge in [-0.3, -0.25) is 14.9 Å². The standard InChI is InChI=1S/C16H13BrN2O3/c1-11-2-4-12(5-3-11)16(20)8-9-18-15-7-6-13(19(21)22)10-14(15)17/h2-10,18H,1H3/b9-8-. The zero-order valence-electron chi connectivity index (χ0n) is 11.7. The van der Waals surface area contributed by atoms with Crippen LogP contribution in [0.5, 0.6) is 0 Å². The van der Waals surface area contributed by atoms with Crippen molar-refractivity contribution in [3.8, 4) is 0 Å². The van der Waals surface area contributed by atoms with Gasteiger partial charge < -0.3 is 5.32 Å². The molecular weight excluding hydrogens is 348 g/mol. The van der Waals surface area contributed by atoms with E-state index in [0.29, 0.717) is 15.7 Å². The minimum absolute atomic E-state index is 0.00265. The predicted octanol–water partition coefficient (Wildman–Crippen LogP) is 4.47. The molecule has 0 bridgehead atoms. The maximum Gasteiger partial charge on any atom is 0.270 e. The molecule has 0 aliphatic carbocycles. The summed E-state index contributed by atoms with van der Waals surface area (Å²) in [5.41, 5.74) is 2.33. The van der Waals surface area contributed by atoms with Crippen molar-refractivity contribution >= 4 is 33.1 Å². The fourth-order valence-corrected chi connectivity index (χ4v) is 2.24. The SMILES string of the molecule is Cc1ccc(C(=O)/C=C\Nc2ccc([N+](=O)[O-])cc2Br)cc1. The number of hydrogen-bond acceptors (Lipinski definition) is 4. The van der Waals surface area contributed by atoms with E-state index in [4.69, 9.17) is 0 Å². The number of nitrogens with one attached hydrogen (secondary N) is 1. The van der Waals surface area contributed by atoms with Gasteiger partial charge >= 0.3 is 0 Å². The van der Waals surface area contributed by atoms with E-state index in [2.05, 4.69) is 21.2 Å². The zero-order valence-corrected chi connectivity index (χ0v) is 13.3. The number of non-ortho nitro benzene ring substituents is 1. The Kier molecular flexibility index (Phi) is 5.06. The summed E-state index contributed by atoms with van der Waals surface area (Å²) < 4.78 is 0.550. The number of benzene rings is 2. The van der Waals surface area contributed by atoms with Gasteiger partial charge in [0.25, 0.3) is 5.69 Å². The fourth-order valence-electron chi connectivity index (χ4n) is 1.76. The molecule has 2 aromatic rings. The third-order valence-corrected chi connectivity index (χ3v) is 3.63. The van der Waals surface area contributed by atoms with E-state index in [1.807, 2.05) is 19.1 Å². The van der Waals surface area contributed by atoms with Crippen LogP contribution in [0.4, 0.5) is 11.4 Å². The molecule has 22 heavy (non-hydrogen) atoms. The lowest BCUT2D eigenvalue weighted by Crippen LogP contribution is -1.97. The van der Waals surface area contributed by atoms with E-state index in [1.54, 1.807) is 18.2 Å². The van der Waals surface area contributed by atoms with Crippen molar-refractivity contribution in [1.29, 1.82) is 0 Å². The lowest BCUT2D eigenvalue weighted by Gasteiger charge is -2.03. The first-order valence-electron chi connectivity index (χ1n) is 6.45. The molecule has 0 heterocycles. The number of nitro groups is 1.